The van der Waals surface area contributed by atoms with Crippen LogP contribution in [0.25, 0.3) is 0 Å². The molecular weight excluding hydrogens is 288 g/mol. The van der Waals surface area contributed by atoms with Crippen molar-refractivity contribution in [3.05, 3.63) is 58.6 Å². The molecule has 0 atom stereocenters. The van der Waals surface area contributed by atoms with Gasteiger partial charge in [0, 0.05) is 0 Å². The van der Waals surface area contributed by atoms with Crippen LogP contribution in [0.15, 0.2) is 48.5 Å². The van der Waals surface area contributed by atoms with Crippen LogP contribution in [0.1, 0.15) is 0 Å². The van der Waals surface area contributed by atoms with Gasteiger partial charge in [-0.3, -0.25) is 0 Å². The van der Waals surface area contributed by atoms with Crippen molar-refractivity contribution in [3.8, 4) is 0 Å². The maximum absolute atomic E-state index is 5.84. The fourth-order valence-corrected chi connectivity index (χ4v) is 4.66. The Hall–Kier alpha value is -0.437. The van der Waals surface area contributed by atoms with Crippen molar-refractivity contribution < 1.29 is 0 Å². The summed E-state index contributed by atoms with van der Waals surface area (Å²) in [6, 6.07) is 16.3. The third-order valence-corrected chi connectivity index (χ3v) is 6.43. The molecule has 0 aliphatic carbocycles. The summed E-state index contributed by atoms with van der Waals surface area (Å²) < 4.78 is 2.88. The number of hydrogen-bond acceptors (Lipinski definition) is 0. The Kier molecular flexibility index (Phi) is 3.73. The van der Waals surface area contributed by atoms with Crippen LogP contribution >= 0.6 is 23.2 Å². The van der Waals surface area contributed by atoms with Crippen LogP contribution in [0.3, 0.4) is 0 Å². The van der Waals surface area contributed by atoms with E-state index in [0.717, 1.165) is 10.0 Å². The van der Waals surface area contributed by atoms with Crippen LogP contribution in [0, 0.1) is 0 Å². The second kappa shape index (κ2) is 5.06. The van der Waals surface area contributed by atoms with E-state index < -0.39 is 15.4 Å². The maximum atomic E-state index is 5.84. The third kappa shape index (κ3) is 3.27. The van der Waals surface area contributed by atoms with Crippen molar-refractivity contribution in [1.29, 1.82) is 0 Å². The molecule has 0 saturated carbocycles. The molecule has 0 unspecified atom stereocenters. The van der Waals surface area contributed by atoms with Gasteiger partial charge in [0.1, 0.15) is 0 Å². The summed E-state index contributed by atoms with van der Waals surface area (Å²) in [4.78, 5) is 0. The van der Waals surface area contributed by atoms with E-state index in [1.807, 2.05) is 24.3 Å². The summed E-state index contributed by atoms with van der Waals surface area (Å²) in [5, 5.41) is 1.61. The molecule has 3 heteroatoms. The van der Waals surface area contributed by atoms with E-state index in [4.69, 9.17) is 23.2 Å². The van der Waals surface area contributed by atoms with Crippen molar-refractivity contribution in [3.63, 3.8) is 0 Å². The molecule has 15 heavy (non-hydrogen) atoms. The van der Waals surface area contributed by atoms with E-state index >= 15 is 0 Å². The molecule has 0 aliphatic heterocycles. The van der Waals surface area contributed by atoms with Crippen molar-refractivity contribution in [2.75, 3.05) is 0 Å². The molecule has 0 N–H and O–H groups in total. The van der Waals surface area contributed by atoms with Gasteiger partial charge in [0.25, 0.3) is 0 Å². The van der Waals surface area contributed by atoms with Gasteiger partial charge in [-0.25, -0.2) is 0 Å². The molecule has 0 bridgehead atoms. The quantitative estimate of drug-likeness (QED) is 0.745. The second-order valence-corrected chi connectivity index (χ2v) is 8.47. The molecule has 0 amide bonds. The van der Waals surface area contributed by atoms with Gasteiger partial charge < -0.3 is 0 Å². The van der Waals surface area contributed by atoms with E-state index in [2.05, 4.69) is 24.3 Å². The van der Waals surface area contributed by atoms with Gasteiger partial charge in [-0.05, 0) is 0 Å². The first-order chi connectivity index (χ1) is 7.24. The van der Waals surface area contributed by atoms with Gasteiger partial charge in [-0.15, -0.1) is 0 Å². The molecule has 2 rings (SSSR count). The molecule has 2 aromatic rings. The number of benzene rings is 2. The summed E-state index contributed by atoms with van der Waals surface area (Å²) in [5.74, 6) is 0. The van der Waals surface area contributed by atoms with Gasteiger partial charge in [-0.2, -0.15) is 0 Å². The minimum absolute atomic E-state index is 0.803. The van der Waals surface area contributed by atoms with Gasteiger partial charge >= 0.3 is 106 Å². The number of rotatable bonds is 2. The predicted molar refractivity (Wildman–Crippen MR) is 70.7 cm³/mol. The molecule has 0 fully saturated rings. The molecule has 76 valence electrons. The summed E-state index contributed by atoms with van der Waals surface area (Å²) in [6.07, 6.45) is 0. The van der Waals surface area contributed by atoms with Crippen LogP contribution in [0.4, 0.5) is 0 Å². The molecule has 0 saturated heterocycles. The zero-order chi connectivity index (χ0) is 10.7. The Bertz CT molecular complexity index is 391. The molecular formula is C12H10Cl2Ge. The van der Waals surface area contributed by atoms with Gasteiger partial charge in [-0.1, -0.05) is 0 Å². The van der Waals surface area contributed by atoms with E-state index in [1.165, 1.54) is 8.79 Å². The predicted octanol–water partition coefficient (Wildman–Crippen LogP) is 2.11. The van der Waals surface area contributed by atoms with Crippen molar-refractivity contribution in [2.45, 2.75) is 0 Å². The molecule has 0 aromatic heterocycles. The Morgan fingerprint density at radius 1 is 0.600 bits per heavy atom. The summed E-state index contributed by atoms with van der Waals surface area (Å²) in [6.45, 7) is 0. The van der Waals surface area contributed by atoms with Crippen molar-refractivity contribution >= 4 is 47.4 Å². The van der Waals surface area contributed by atoms with Gasteiger partial charge in [0.2, 0.25) is 0 Å². The van der Waals surface area contributed by atoms with Crippen molar-refractivity contribution in [1.82, 2.24) is 0 Å². The van der Waals surface area contributed by atoms with Crippen LogP contribution < -0.4 is 8.79 Å². The topological polar surface area (TPSA) is 0 Å². The third-order valence-electron chi connectivity index (χ3n) is 2.23. The fourth-order valence-electron chi connectivity index (χ4n) is 1.44. The zero-order valence-corrected chi connectivity index (χ0v) is 12.6. The fraction of sp³-hybridized carbons (Fsp3) is 0. The molecule has 2 aromatic carbocycles. The van der Waals surface area contributed by atoms with Crippen LogP contribution in [0.5, 0.6) is 0 Å². The van der Waals surface area contributed by atoms with E-state index in [0.29, 0.717) is 0 Å². The average molecular weight is 298 g/mol. The Labute approximate surface area is 106 Å². The van der Waals surface area contributed by atoms with Crippen LogP contribution in [-0.2, 0) is 0 Å². The first-order valence-corrected chi connectivity index (χ1v) is 8.45. The zero-order valence-electron chi connectivity index (χ0n) is 8.08. The van der Waals surface area contributed by atoms with E-state index in [9.17, 15) is 0 Å². The molecule has 0 spiro atoms. The SMILES string of the molecule is Clc1cc[c]([GeH2][c]2ccc(Cl)cc2)cc1. The first kappa shape index (κ1) is 11.1. The molecule has 0 heterocycles. The minimum atomic E-state index is -0.836. The molecule has 0 radical (unpaired) electrons. The van der Waals surface area contributed by atoms with Crippen LogP contribution in [0.2, 0.25) is 10.0 Å². The molecule has 0 nitrogen and oxygen atoms in total. The van der Waals surface area contributed by atoms with E-state index in [-0.39, 0.29) is 0 Å². The van der Waals surface area contributed by atoms with Crippen LogP contribution in [-0.4, -0.2) is 15.4 Å². The standard InChI is InChI=1S/C12H10Cl2Ge/c13-9-1-5-11(6-2-9)15-12-7-3-10(14)4-8-12/h1-8H,15H2. The van der Waals surface area contributed by atoms with Gasteiger partial charge in [0.05, 0.1) is 0 Å². The van der Waals surface area contributed by atoms with E-state index in [1.54, 1.807) is 0 Å². The number of halogens is 2. The summed E-state index contributed by atoms with van der Waals surface area (Å²) >= 11 is 10.8. The van der Waals surface area contributed by atoms with Gasteiger partial charge in [0.15, 0.2) is 0 Å². The Morgan fingerprint density at radius 3 is 1.27 bits per heavy atom. The van der Waals surface area contributed by atoms with Crippen molar-refractivity contribution in [2.24, 2.45) is 0 Å². The second-order valence-electron chi connectivity index (χ2n) is 3.43. The molecule has 0 aliphatic rings. The first-order valence-electron chi connectivity index (χ1n) is 4.73. The summed E-state index contributed by atoms with van der Waals surface area (Å²) in [5.41, 5.74) is 0. The Balaban J connectivity index is 2.15. The average Bonchev–Trinajstić information content (AvgIpc) is 2.25. The summed E-state index contributed by atoms with van der Waals surface area (Å²) in [7, 11) is 0. The Morgan fingerprint density at radius 2 is 0.933 bits per heavy atom. The normalized spacial score (nSPS) is 10.3. The number of hydrogen-bond donors (Lipinski definition) is 0. The monoisotopic (exact) mass is 298 g/mol.